The van der Waals surface area contributed by atoms with Gasteiger partial charge in [-0.15, -0.1) is 0 Å². The summed E-state index contributed by atoms with van der Waals surface area (Å²) in [5.74, 6) is 0.258. The summed E-state index contributed by atoms with van der Waals surface area (Å²) in [5.41, 5.74) is 1.67. The topological polar surface area (TPSA) is 45.1 Å². The molecule has 0 saturated carbocycles. The van der Waals surface area contributed by atoms with Gasteiger partial charge in [0.05, 0.1) is 17.9 Å². The highest BCUT2D eigenvalue weighted by Gasteiger charge is 1.98. The number of para-hydroxylation sites is 2. The first kappa shape index (κ1) is 9.52. The molecule has 3 nitrogen and oxygen atoms in total. The van der Waals surface area contributed by atoms with Crippen LogP contribution in [0.3, 0.4) is 0 Å². The lowest BCUT2D eigenvalue weighted by molar-refractivity contribution is 0.477. The average Bonchev–Trinajstić information content (AvgIpc) is 2.29. The molecular weight excluding hydrogens is 188 g/mol. The van der Waals surface area contributed by atoms with E-state index in [-0.39, 0.29) is 5.75 Å². The third-order valence-corrected chi connectivity index (χ3v) is 2.09. The third-order valence-electron chi connectivity index (χ3n) is 2.09. The number of aromatic hydroxyl groups is 1. The Bertz CT molecular complexity index is 429. The smallest absolute Gasteiger partial charge is 0.138 e. The number of hydrogen-bond acceptors (Lipinski definition) is 3. The van der Waals surface area contributed by atoms with Crippen LogP contribution in [-0.4, -0.2) is 10.1 Å². The van der Waals surface area contributed by atoms with Crippen molar-refractivity contribution in [3.05, 3.63) is 54.4 Å². The van der Waals surface area contributed by atoms with Gasteiger partial charge in [-0.25, -0.2) is 0 Å². The zero-order valence-corrected chi connectivity index (χ0v) is 8.22. The molecule has 0 spiro atoms. The minimum atomic E-state index is 0.258. The van der Waals surface area contributed by atoms with E-state index in [0.717, 1.165) is 11.4 Å². The summed E-state index contributed by atoms with van der Waals surface area (Å²) in [6, 6.07) is 12.9. The molecule has 2 N–H and O–H groups in total. The summed E-state index contributed by atoms with van der Waals surface area (Å²) in [6.07, 6.45) is 1.75. The normalized spacial score (nSPS) is 9.87. The molecule has 0 aliphatic heterocycles. The molecule has 2 aromatic rings. The number of anilines is 1. The molecule has 0 saturated heterocycles. The van der Waals surface area contributed by atoms with Crippen molar-refractivity contribution >= 4 is 5.69 Å². The van der Waals surface area contributed by atoms with Crippen molar-refractivity contribution in [1.29, 1.82) is 0 Å². The molecule has 1 aromatic carbocycles. The second kappa shape index (κ2) is 4.46. The van der Waals surface area contributed by atoms with Crippen LogP contribution in [-0.2, 0) is 6.54 Å². The molecule has 0 aliphatic carbocycles. The van der Waals surface area contributed by atoms with E-state index in [9.17, 15) is 5.11 Å². The van der Waals surface area contributed by atoms with Crippen LogP contribution in [0.5, 0.6) is 5.75 Å². The molecule has 0 bridgehead atoms. The van der Waals surface area contributed by atoms with E-state index in [1.807, 2.05) is 30.3 Å². The number of phenolic OH excluding ortho intramolecular Hbond substituents is 1. The molecule has 1 aromatic heterocycles. The average molecular weight is 200 g/mol. The van der Waals surface area contributed by atoms with Gasteiger partial charge in [0.25, 0.3) is 0 Å². The number of rotatable bonds is 3. The largest absolute Gasteiger partial charge is 0.506 e. The number of phenols is 1. The van der Waals surface area contributed by atoms with Gasteiger partial charge in [0.2, 0.25) is 0 Å². The predicted molar refractivity (Wildman–Crippen MR) is 59.7 cm³/mol. The molecule has 0 unspecified atom stereocenters. The Morgan fingerprint density at radius 3 is 2.60 bits per heavy atom. The van der Waals surface area contributed by atoms with Crippen molar-refractivity contribution in [1.82, 2.24) is 4.98 Å². The van der Waals surface area contributed by atoms with Crippen LogP contribution in [0.25, 0.3) is 0 Å². The SMILES string of the molecule is Oc1ccccc1NCc1ccccn1. The zero-order valence-electron chi connectivity index (χ0n) is 8.22. The minimum absolute atomic E-state index is 0.258. The maximum absolute atomic E-state index is 9.51. The van der Waals surface area contributed by atoms with Gasteiger partial charge in [0.1, 0.15) is 5.75 Å². The fraction of sp³-hybridized carbons (Fsp3) is 0.0833. The van der Waals surface area contributed by atoms with E-state index in [4.69, 9.17) is 0 Å². The van der Waals surface area contributed by atoms with Gasteiger partial charge in [-0.1, -0.05) is 18.2 Å². The van der Waals surface area contributed by atoms with Gasteiger partial charge in [0, 0.05) is 6.20 Å². The molecule has 76 valence electrons. The summed E-state index contributed by atoms with van der Waals surface area (Å²) in [4.78, 5) is 4.18. The Kier molecular flexibility index (Phi) is 2.83. The summed E-state index contributed by atoms with van der Waals surface area (Å²) in [7, 11) is 0. The Morgan fingerprint density at radius 2 is 1.87 bits per heavy atom. The van der Waals surface area contributed by atoms with Crippen molar-refractivity contribution in [2.45, 2.75) is 6.54 Å². The first-order valence-corrected chi connectivity index (χ1v) is 4.78. The number of aromatic nitrogens is 1. The van der Waals surface area contributed by atoms with Crippen LogP contribution in [0, 0.1) is 0 Å². The van der Waals surface area contributed by atoms with E-state index < -0.39 is 0 Å². The quantitative estimate of drug-likeness (QED) is 0.748. The minimum Gasteiger partial charge on any atom is -0.506 e. The summed E-state index contributed by atoms with van der Waals surface area (Å²) in [5, 5.41) is 12.6. The van der Waals surface area contributed by atoms with Crippen molar-refractivity contribution in [3.8, 4) is 5.75 Å². The second-order valence-corrected chi connectivity index (χ2v) is 3.19. The number of nitrogens with one attached hydrogen (secondary N) is 1. The van der Waals surface area contributed by atoms with Crippen LogP contribution >= 0.6 is 0 Å². The number of pyridine rings is 1. The van der Waals surface area contributed by atoms with Crippen molar-refractivity contribution in [3.63, 3.8) is 0 Å². The molecule has 0 aliphatic rings. The van der Waals surface area contributed by atoms with Crippen LogP contribution in [0.2, 0.25) is 0 Å². The summed E-state index contributed by atoms with van der Waals surface area (Å²) in [6.45, 7) is 0.610. The fourth-order valence-electron chi connectivity index (χ4n) is 1.31. The van der Waals surface area contributed by atoms with Gasteiger partial charge in [0.15, 0.2) is 0 Å². The molecule has 0 fully saturated rings. The molecule has 1 heterocycles. The van der Waals surface area contributed by atoms with E-state index in [1.165, 1.54) is 0 Å². The first-order chi connectivity index (χ1) is 7.36. The highest BCUT2D eigenvalue weighted by molar-refractivity contribution is 5.55. The lowest BCUT2D eigenvalue weighted by atomic mass is 10.3. The van der Waals surface area contributed by atoms with Crippen LogP contribution in [0.4, 0.5) is 5.69 Å². The lowest BCUT2D eigenvalue weighted by Gasteiger charge is -2.07. The number of nitrogens with zero attached hydrogens (tertiary/aromatic N) is 1. The Balaban J connectivity index is 2.03. The van der Waals surface area contributed by atoms with Crippen molar-refractivity contribution < 1.29 is 5.11 Å². The molecule has 2 rings (SSSR count). The van der Waals surface area contributed by atoms with Gasteiger partial charge in [-0.05, 0) is 24.3 Å². The Morgan fingerprint density at radius 1 is 1.07 bits per heavy atom. The molecule has 0 amide bonds. The van der Waals surface area contributed by atoms with Crippen molar-refractivity contribution in [2.75, 3.05) is 5.32 Å². The maximum Gasteiger partial charge on any atom is 0.138 e. The highest BCUT2D eigenvalue weighted by Crippen LogP contribution is 2.21. The molecule has 0 atom stereocenters. The molecular formula is C12H12N2O. The standard InChI is InChI=1S/C12H12N2O/c15-12-7-2-1-6-11(12)14-9-10-5-3-4-8-13-10/h1-8,14-15H,9H2. The van der Waals surface area contributed by atoms with E-state index >= 15 is 0 Å². The lowest BCUT2D eigenvalue weighted by Crippen LogP contribution is -2.00. The zero-order chi connectivity index (χ0) is 10.5. The number of hydrogen-bond donors (Lipinski definition) is 2. The van der Waals surface area contributed by atoms with Gasteiger partial charge in [-0.2, -0.15) is 0 Å². The van der Waals surface area contributed by atoms with Crippen molar-refractivity contribution in [2.24, 2.45) is 0 Å². The fourth-order valence-corrected chi connectivity index (χ4v) is 1.31. The first-order valence-electron chi connectivity index (χ1n) is 4.78. The van der Waals surface area contributed by atoms with E-state index in [0.29, 0.717) is 6.54 Å². The van der Waals surface area contributed by atoms with E-state index in [1.54, 1.807) is 18.3 Å². The second-order valence-electron chi connectivity index (χ2n) is 3.19. The monoisotopic (exact) mass is 200 g/mol. The maximum atomic E-state index is 9.51. The molecule has 15 heavy (non-hydrogen) atoms. The van der Waals surface area contributed by atoms with Crippen LogP contribution in [0.1, 0.15) is 5.69 Å². The third kappa shape index (κ3) is 2.47. The Labute approximate surface area is 88.4 Å². The van der Waals surface area contributed by atoms with E-state index in [2.05, 4.69) is 10.3 Å². The van der Waals surface area contributed by atoms with Crippen LogP contribution in [0.15, 0.2) is 48.7 Å². The molecule has 3 heteroatoms. The summed E-state index contributed by atoms with van der Waals surface area (Å²) >= 11 is 0. The van der Waals surface area contributed by atoms with Gasteiger partial charge < -0.3 is 10.4 Å². The number of benzene rings is 1. The van der Waals surface area contributed by atoms with Gasteiger partial charge >= 0.3 is 0 Å². The summed E-state index contributed by atoms with van der Waals surface area (Å²) < 4.78 is 0. The van der Waals surface area contributed by atoms with Crippen LogP contribution < -0.4 is 5.32 Å². The van der Waals surface area contributed by atoms with Gasteiger partial charge in [-0.3, -0.25) is 4.98 Å². The Hall–Kier alpha value is -2.03. The predicted octanol–water partition coefficient (Wildman–Crippen LogP) is 2.40. The highest BCUT2D eigenvalue weighted by atomic mass is 16.3. The molecule has 0 radical (unpaired) electrons.